The van der Waals surface area contributed by atoms with Gasteiger partial charge in [0.2, 0.25) is 0 Å². The average Bonchev–Trinajstić information content (AvgIpc) is 2.80. The zero-order valence-electron chi connectivity index (χ0n) is 17.8. The highest BCUT2D eigenvalue weighted by molar-refractivity contribution is 7.88. The summed E-state index contributed by atoms with van der Waals surface area (Å²) in [6, 6.07) is 28.4. The first-order chi connectivity index (χ1) is 15.1. The second-order valence-electron chi connectivity index (χ2n) is 7.30. The molecule has 0 aliphatic heterocycles. The molecule has 0 aliphatic carbocycles. The number of hydrogen-bond acceptors (Lipinski definition) is 5. The molecule has 0 radical (unpaired) electrons. The molecule has 0 heterocycles. The van der Waals surface area contributed by atoms with Crippen molar-refractivity contribution in [2.75, 3.05) is 13.4 Å². The molecule has 0 spiro atoms. The molecule has 6 heteroatoms. The number of hydrogen-bond donors (Lipinski definition) is 1. The van der Waals surface area contributed by atoms with E-state index in [0.29, 0.717) is 13.1 Å². The van der Waals surface area contributed by atoms with Crippen LogP contribution in [0.2, 0.25) is 0 Å². The van der Waals surface area contributed by atoms with E-state index in [9.17, 15) is 9.35 Å². The first-order valence-electron chi connectivity index (χ1n) is 10.1. The third-order valence-electron chi connectivity index (χ3n) is 5.06. The lowest BCUT2D eigenvalue weighted by Crippen LogP contribution is -2.50. The summed E-state index contributed by atoms with van der Waals surface area (Å²) in [5.41, 5.74) is 3.03. The number of rotatable bonds is 10. The Morgan fingerprint density at radius 1 is 0.903 bits per heavy atom. The summed E-state index contributed by atoms with van der Waals surface area (Å²) in [6.07, 6.45) is 1.57. The summed E-state index contributed by atoms with van der Waals surface area (Å²) in [6.45, 7) is 1.08. The molecule has 0 bridgehead atoms. The van der Waals surface area contributed by atoms with E-state index in [0.717, 1.165) is 16.7 Å². The predicted octanol–water partition coefficient (Wildman–Crippen LogP) is 3.85. The van der Waals surface area contributed by atoms with Gasteiger partial charge in [-0.1, -0.05) is 91.0 Å². The van der Waals surface area contributed by atoms with Crippen molar-refractivity contribution in [2.45, 2.75) is 25.2 Å². The highest BCUT2D eigenvalue weighted by Gasteiger charge is 2.38. The lowest BCUT2D eigenvalue weighted by atomic mass is 9.97. The van der Waals surface area contributed by atoms with Crippen molar-refractivity contribution in [1.82, 2.24) is 9.62 Å². The molecular weight excluding hydrogens is 408 g/mol. The zero-order valence-corrected chi connectivity index (χ0v) is 18.6. The van der Waals surface area contributed by atoms with Crippen molar-refractivity contribution in [3.8, 4) is 0 Å². The van der Waals surface area contributed by atoms with Crippen LogP contribution in [0.5, 0.6) is 0 Å². The number of esters is 1. The maximum Gasteiger partial charge on any atom is 0.325 e. The first-order valence-corrected chi connectivity index (χ1v) is 11.7. The summed E-state index contributed by atoms with van der Waals surface area (Å²) in [4.78, 5) is 15.2. The summed E-state index contributed by atoms with van der Waals surface area (Å²) < 4.78 is 20.5. The molecule has 0 amide bonds. The molecular formula is C25H28N2O3S. The Balaban J connectivity index is 2.04. The number of nitrogens with zero attached hydrogens (tertiary/aromatic N) is 1. The zero-order chi connectivity index (χ0) is 22.1. The molecule has 0 aliphatic rings. The van der Waals surface area contributed by atoms with Crippen molar-refractivity contribution in [1.29, 1.82) is 0 Å². The summed E-state index contributed by atoms with van der Waals surface area (Å²) in [5, 5.41) is 0. The van der Waals surface area contributed by atoms with Gasteiger partial charge in [-0.2, -0.15) is 0 Å². The fourth-order valence-electron chi connectivity index (χ4n) is 3.66. The highest BCUT2D eigenvalue weighted by Crippen LogP contribution is 2.26. The molecule has 3 aromatic carbocycles. The van der Waals surface area contributed by atoms with Gasteiger partial charge in [-0.15, -0.1) is 4.72 Å². The smallest absolute Gasteiger partial charge is 0.325 e. The van der Waals surface area contributed by atoms with Crippen molar-refractivity contribution >= 4 is 17.3 Å². The van der Waals surface area contributed by atoms with Crippen LogP contribution >= 0.6 is 0 Å². The van der Waals surface area contributed by atoms with E-state index in [2.05, 4.69) is 9.62 Å². The number of ether oxygens (including phenoxy) is 1. The molecule has 0 aromatic heterocycles. The third-order valence-corrected chi connectivity index (χ3v) is 5.65. The minimum Gasteiger partial charge on any atom is -0.598 e. The Labute approximate surface area is 187 Å². The van der Waals surface area contributed by atoms with Crippen LogP contribution < -0.4 is 4.72 Å². The van der Waals surface area contributed by atoms with Gasteiger partial charge in [0.25, 0.3) is 0 Å². The molecule has 0 saturated heterocycles. The predicted molar refractivity (Wildman–Crippen MR) is 124 cm³/mol. The lowest BCUT2D eigenvalue weighted by Gasteiger charge is -2.35. The summed E-state index contributed by atoms with van der Waals surface area (Å²) in [5.74, 6) is -0.376. The Kier molecular flexibility index (Phi) is 8.67. The molecule has 31 heavy (non-hydrogen) atoms. The van der Waals surface area contributed by atoms with Crippen LogP contribution in [0, 0.1) is 0 Å². The fourth-order valence-corrected chi connectivity index (χ4v) is 4.28. The topological polar surface area (TPSA) is 64.6 Å². The standard InChI is InChI=1S/C25H28N2O3S/c1-30-25(28)24(23(26-31(2)29)22-16-10-5-11-17-22)27(18-20-12-6-3-7-13-20)19-21-14-8-4-9-15-21/h3-17,23-24,26H,18-19H2,1-2H3/t23-,24+,31?/m0/s1. The van der Waals surface area contributed by atoms with E-state index < -0.39 is 23.4 Å². The second kappa shape index (κ2) is 11.7. The van der Waals surface area contributed by atoms with Crippen molar-refractivity contribution in [3.05, 3.63) is 108 Å². The van der Waals surface area contributed by atoms with Crippen LogP contribution in [0.25, 0.3) is 0 Å². The van der Waals surface area contributed by atoms with E-state index in [1.807, 2.05) is 91.0 Å². The molecule has 0 saturated carbocycles. The van der Waals surface area contributed by atoms with E-state index in [1.54, 1.807) is 6.26 Å². The second-order valence-corrected chi connectivity index (χ2v) is 8.45. The fraction of sp³-hybridized carbons (Fsp3) is 0.240. The van der Waals surface area contributed by atoms with Gasteiger partial charge in [-0.05, 0) is 16.7 Å². The van der Waals surface area contributed by atoms with Crippen molar-refractivity contribution < 1.29 is 14.1 Å². The first kappa shape index (κ1) is 23.0. The van der Waals surface area contributed by atoms with E-state index >= 15 is 0 Å². The van der Waals surface area contributed by atoms with Gasteiger partial charge >= 0.3 is 5.97 Å². The van der Waals surface area contributed by atoms with E-state index in [-0.39, 0.29) is 5.97 Å². The molecule has 5 nitrogen and oxygen atoms in total. The Hall–Kier alpha value is -2.64. The summed E-state index contributed by atoms with van der Waals surface area (Å²) >= 11 is -1.33. The maximum atomic E-state index is 13.1. The SMILES string of the molecule is COC(=O)[C@@H]([C@@H](N[S+](C)[O-])c1ccccc1)N(Cc1ccccc1)Cc1ccccc1. The van der Waals surface area contributed by atoms with Crippen LogP contribution in [0.4, 0.5) is 0 Å². The van der Waals surface area contributed by atoms with Gasteiger partial charge < -0.3 is 9.29 Å². The van der Waals surface area contributed by atoms with Crippen LogP contribution in [0.3, 0.4) is 0 Å². The molecule has 3 aromatic rings. The Bertz CT molecular complexity index is 882. The van der Waals surface area contributed by atoms with Gasteiger partial charge in [0.05, 0.1) is 7.11 Å². The van der Waals surface area contributed by atoms with Gasteiger partial charge in [0.1, 0.15) is 18.3 Å². The van der Waals surface area contributed by atoms with Crippen LogP contribution in [0.15, 0.2) is 91.0 Å². The number of benzene rings is 3. The third kappa shape index (κ3) is 6.67. The Morgan fingerprint density at radius 3 is 1.77 bits per heavy atom. The average molecular weight is 437 g/mol. The maximum absolute atomic E-state index is 13.1. The van der Waals surface area contributed by atoms with Gasteiger partial charge in [0.15, 0.2) is 0 Å². The molecule has 0 fully saturated rings. The molecule has 1 N–H and O–H groups in total. The van der Waals surface area contributed by atoms with Gasteiger partial charge in [0, 0.05) is 24.5 Å². The molecule has 162 valence electrons. The highest BCUT2D eigenvalue weighted by atomic mass is 32.2. The molecule has 3 atom stereocenters. The van der Waals surface area contributed by atoms with Crippen LogP contribution in [-0.4, -0.2) is 34.8 Å². The number of methoxy groups -OCH3 is 1. The van der Waals surface area contributed by atoms with Gasteiger partial charge in [-0.25, -0.2) is 0 Å². The normalized spacial score (nSPS) is 14.1. The lowest BCUT2D eigenvalue weighted by molar-refractivity contribution is -0.148. The quantitative estimate of drug-likeness (QED) is 0.386. The number of carbonyl (C=O) groups excluding carboxylic acids is 1. The Morgan fingerprint density at radius 2 is 1.35 bits per heavy atom. The van der Waals surface area contributed by atoms with Crippen LogP contribution in [0.1, 0.15) is 22.7 Å². The van der Waals surface area contributed by atoms with Gasteiger partial charge in [-0.3, -0.25) is 9.69 Å². The monoisotopic (exact) mass is 436 g/mol. The minimum absolute atomic E-state index is 0.376. The summed E-state index contributed by atoms with van der Waals surface area (Å²) in [7, 11) is 1.39. The molecule has 3 rings (SSSR count). The van der Waals surface area contributed by atoms with Crippen molar-refractivity contribution in [3.63, 3.8) is 0 Å². The largest absolute Gasteiger partial charge is 0.598 e. The van der Waals surface area contributed by atoms with Crippen molar-refractivity contribution in [2.24, 2.45) is 0 Å². The number of nitrogens with one attached hydrogen (secondary N) is 1. The van der Waals surface area contributed by atoms with E-state index in [1.165, 1.54) is 7.11 Å². The van der Waals surface area contributed by atoms with Crippen LogP contribution in [-0.2, 0) is 34.0 Å². The number of carbonyl (C=O) groups is 1. The minimum atomic E-state index is -1.33. The van der Waals surface area contributed by atoms with E-state index in [4.69, 9.17) is 4.74 Å². The molecule has 1 unspecified atom stereocenters.